The molecule has 0 amide bonds. The minimum atomic E-state index is -0.504. The number of aldehydes is 1. The van der Waals surface area contributed by atoms with Gasteiger partial charge in [0.25, 0.3) is 5.56 Å². The van der Waals surface area contributed by atoms with Crippen molar-refractivity contribution in [3.8, 4) is 5.75 Å². The Hall–Kier alpha value is -2.86. The molecule has 3 aromatic rings. The largest absolute Gasteiger partial charge is 0.505 e. The molecule has 7 heteroatoms. The summed E-state index contributed by atoms with van der Waals surface area (Å²) in [6.45, 7) is 1.69. The van der Waals surface area contributed by atoms with E-state index in [9.17, 15) is 19.5 Å². The quantitative estimate of drug-likeness (QED) is 0.551. The lowest BCUT2D eigenvalue weighted by atomic mass is 10.1. The van der Waals surface area contributed by atoms with Crippen LogP contribution >= 0.6 is 11.6 Å². The molecule has 2 heterocycles. The first-order valence-corrected chi connectivity index (χ1v) is 8.44. The van der Waals surface area contributed by atoms with Gasteiger partial charge in [-0.1, -0.05) is 30.7 Å². The van der Waals surface area contributed by atoms with Crippen molar-refractivity contribution in [1.29, 1.82) is 0 Å². The molecule has 0 saturated heterocycles. The van der Waals surface area contributed by atoms with Crippen molar-refractivity contribution >= 4 is 34.6 Å². The number of fused-ring (bicyclic) bond motifs is 1. The average Bonchev–Trinajstić information content (AvgIpc) is 2.87. The van der Waals surface area contributed by atoms with Crippen molar-refractivity contribution in [3.63, 3.8) is 0 Å². The number of carbonyl (C=O) groups is 2. The van der Waals surface area contributed by atoms with Crippen LogP contribution < -0.4 is 5.56 Å². The predicted octanol–water partition coefficient (Wildman–Crippen LogP) is 2.96. The lowest BCUT2D eigenvalue weighted by Crippen LogP contribution is -2.27. The van der Waals surface area contributed by atoms with E-state index in [1.807, 2.05) is 6.92 Å². The van der Waals surface area contributed by atoms with Crippen LogP contribution in [0.3, 0.4) is 0 Å². The van der Waals surface area contributed by atoms with Gasteiger partial charge in [0.05, 0.1) is 12.1 Å². The van der Waals surface area contributed by atoms with Crippen LogP contribution in [0.25, 0.3) is 10.9 Å². The first kappa shape index (κ1) is 17.9. The van der Waals surface area contributed by atoms with E-state index in [-0.39, 0.29) is 29.2 Å². The number of benzene rings is 1. The third-order valence-electron chi connectivity index (χ3n) is 4.49. The standard InChI is InChI=1S/C19H17ClN2O4/c1-3-13-8-14-17(18(25)15(10-23)21(14)2)19(26)22(13)9-16(24)11-5-4-6-12(20)7-11/h4-8,10,25H,3,9H2,1-2H3. The molecule has 0 spiro atoms. The van der Waals surface area contributed by atoms with E-state index in [0.717, 1.165) is 0 Å². The van der Waals surface area contributed by atoms with Gasteiger partial charge in [-0.3, -0.25) is 14.4 Å². The Balaban J connectivity index is 2.18. The number of pyridine rings is 1. The average molecular weight is 373 g/mol. The van der Waals surface area contributed by atoms with E-state index in [0.29, 0.717) is 34.5 Å². The molecule has 0 saturated carbocycles. The van der Waals surface area contributed by atoms with Gasteiger partial charge in [-0.25, -0.2) is 0 Å². The highest BCUT2D eigenvalue weighted by molar-refractivity contribution is 6.31. The summed E-state index contributed by atoms with van der Waals surface area (Å²) in [6, 6.07) is 8.23. The summed E-state index contributed by atoms with van der Waals surface area (Å²) in [5.74, 6) is -0.635. The number of aromatic nitrogens is 2. The maximum atomic E-state index is 12.9. The molecular formula is C19H17ClN2O4. The van der Waals surface area contributed by atoms with Gasteiger partial charge in [0.15, 0.2) is 17.8 Å². The van der Waals surface area contributed by atoms with Gasteiger partial charge in [0.1, 0.15) is 11.1 Å². The van der Waals surface area contributed by atoms with Crippen LogP contribution in [0.4, 0.5) is 0 Å². The highest BCUT2D eigenvalue weighted by Crippen LogP contribution is 2.28. The van der Waals surface area contributed by atoms with Crippen molar-refractivity contribution in [1.82, 2.24) is 9.13 Å². The zero-order chi connectivity index (χ0) is 19.0. The highest BCUT2D eigenvalue weighted by Gasteiger charge is 2.21. The molecule has 1 N–H and O–H groups in total. The second kappa shape index (κ2) is 6.80. The number of aryl methyl sites for hydroxylation is 2. The Labute approximate surface area is 154 Å². The van der Waals surface area contributed by atoms with Crippen LogP contribution in [-0.4, -0.2) is 26.3 Å². The number of Topliss-reactive ketones (excluding diaryl/α,β-unsaturated/α-hetero) is 1. The molecule has 2 aromatic heterocycles. The van der Waals surface area contributed by atoms with E-state index in [1.165, 1.54) is 9.13 Å². The number of hydrogen-bond donors (Lipinski definition) is 1. The number of hydrogen-bond acceptors (Lipinski definition) is 4. The molecule has 3 rings (SSSR count). The van der Waals surface area contributed by atoms with E-state index in [4.69, 9.17) is 11.6 Å². The zero-order valence-electron chi connectivity index (χ0n) is 14.3. The molecule has 0 atom stereocenters. The summed E-state index contributed by atoms with van der Waals surface area (Å²) in [7, 11) is 1.60. The fraction of sp³-hybridized carbons (Fsp3) is 0.211. The van der Waals surface area contributed by atoms with Crippen LogP contribution in [0.1, 0.15) is 33.5 Å². The van der Waals surface area contributed by atoms with Crippen molar-refractivity contribution in [2.45, 2.75) is 19.9 Å². The highest BCUT2D eigenvalue weighted by atomic mass is 35.5. The first-order valence-electron chi connectivity index (χ1n) is 8.07. The van der Waals surface area contributed by atoms with E-state index < -0.39 is 5.56 Å². The van der Waals surface area contributed by atoms with Crippen LogP contribution in [0.5, 0.6) is 5.75 Å². The van der Waals surface area contributed by atoms with Gasteiger partial charge < -0.3 is 14.2 Å². The summed E-state index contributed by atoms with van der Waals surface area (Å²) < 4.78 is 2.81. The number of aromatic hydroxyl groups is 1. The molecule has 0 unspecified atom stereocenters. The molecule has 0 bridgehead atoms. The summed E-state index contributed by atoms with van der Waals surface area (Å²) in [5, 5.41) is 10.7. The lowest BCUT2D eigenvalue weighted by molar-refractivity contribution is 0.0969. The Kier molecular flexibility index (Phi) is 4.70. The number of nitrogens with zero attached hydrogens (tertiary/aromatic N) is 2. The van der Waals surface area contributed by atoms with Crippen LogP contribution in [0.15, 0.2) is 35.1 Å². The smallest absolute Gasteiger partial charge is 0.264 e. The summed E-state index contributed by atoms with van der Waals surface area (Å²) >= 11 is 5.93. The van der Waals surface area contributed by atoms with Crippen molar-refractivity contribution in [3.05, 3.63) is 62.7 Å². The van der Waals surface area contributed by atoms with Crippen LogP contribution in [0.2, 0.25) is 5.02 Å². The van der Waals surface area contributed by atoms with Gasteiger partial charge in [-0.2, -0.15) is 0 Å². The van der Waals surface area contributed by atoms with E-state index >= 15 is 0 Å². The number of carbonyl (C=O) groups excluding carboxylic acids is 2. The summed E-state index contributed by atoms with van der Waals surface area (Å²) in [6.07, 6.45) is 1.01. The zero-order valence-corrected chi connectivity index (χ0v) is 15.1. The molecular weight excluding hydrogens is 356 g/mol. The van der Waals surface area contributed by atoms with E-state index in [2.05, 4.69) is 0 Å². The SMILES string of the molecule is CCc1cc2c(c(O)c(C=O)n2C)c(=O)n1CC(=O)c1cccc(Cl)c1. The minimum Gasteiger partial charge on any atom is -0.505 e. The summed E-state index contributed by atoms with van der Waals surface area (Å²) in [4.78, 5) is 36.7. The van der Waals surface area contributed by atoms with Gasteiger partial charge >= 0.3 is 0 Å². The fourth-order valence-corrected chi connectivity index (χ4v) is 3.27. The van der Waals surface area contributed by atoms with Gasteiger partial charge in [-0.05, 0) is 24.6 Å². The molecule has 0 fully saturated rings. The Morgan fingerprint density at radius 3 is 2.65 bits per heavy atom. The Morgan fingerprint density at radius 2 is 2.04 bits per heavy atom. The fourth-order valence-electron chi connectivity index (χ4n) is 3.08. The Bertz CT molecular complexity index is 1100. The molecule has 0 radical (unpaired) electrons. The van der Waals surface area contributed by atoms with Gasteiger partial charge in [0.2, 0.25) is 0 Å². The maximum absolute atomic E-state index is 12.9. The second-order valence-electron chi connectivity index (χ2n) is 5.99. The van der Waals surface area contributed by atoms with Crippen LogP contribution in [-0.2, 0) is 20.0 Å². The molecule has 26 heavy (non-hydrogen) atoms. The molecule has 0 aliphatic carbocycles. The normalized spacial score (nSPS) is 11.0. The number of ketones is 1. The Morgan fingerprint density at radius 1 is 1.31 bits per heavy atom. The molecule has 0 aliphatic heterocycles. The maximum Gasteiger partial charge on any atom is 0.264 e. The molecule has 1 aromatic carbocycles. The van der Waals surface area contributed by atoms with Gasteiger partial charge in [0, 0.05) is 23.3 Å². The second-order valence-corrected chi connectivity index (χ2v) is 6.42. The summed E-state index contributed by atoms with van der Waals surface area (Å²) in [5.41, 5.74) is 1.01. The first-order chi connectivity index (χ1) is 12.4. The van der Waals surface area contributed by atoms with Crippen molar-refractivity contribution < 1.29 is 14.7 Å². The number of halogens is 1. The molecule has 6 nitrogen and oxygen atoms in total. The predicted molar refractivity (Wildman–Crippen MR) is 99.4 cm³/mol. The van der Waals surface area contributed by atoms with Crippen molar-refractivity contribution in [2.24, 2.45) is 7.05 Å². The third-order valence-corrected chi connectivity index (χ3v) is 4.72. The molecule has 0 aliphatic rings. The molecule has 134 valence electrons. The monoisotopic (exact) mass is 372 g/mol. The van der Waals surface area contributed by atoms with Gasteiger partial charge in [-0.15, -0.1) is 0 Å². The van der Waals surface area contributed by atoms with Crippen LogP contribution in [0, 0.1) is 0 Å². The van der Waals surface area contributed by atoms with E-state index in [1.54, 1.807) is 37.4 Å². The third kappa shape index (κ3) is 2.82. The topological polar surface area (TPSA) is 81.3 Å². The minimum absolute atomic E-state index is 0.0260. The lowest BCUT2D eigenvalue weighted by Gasteiger charge is -2.12. The number of rotatable bonds is 5. The van der Waals surface area contributed by atoms with Crippen molar-refractivity contribution in [2.75, 3.05) is 0 Å².